The number of methoxy groups -OCH3 is 1. The van der Waals surface area contributed by atoms with Crippen LogP contribution in [0.1, 0.15) is 37.7 Å². The zero-order valence-corrected chi connectivity index (χ0v) is 29.3. The average molecular weight is 716 g/mol. The third-order valence-electron chi connectivity index (χ3n) is 11.0. The highest BCUT2D eigenvalue weighted by Gasteiger charge is 2.50. The first-order valence-corrected chi connectivity index (χ1v) is 17.5. The van der Waals surface area contributed by atoms with Crippen molar-refractivity contribution in [1.82, 2.24) is 30.1 Å². The maximum absolute atomic E-state index is 17.3. The van der Waals surface area contributed by atoms with Crippen LogP contribution in [-0.4, -0.2) is 115 Å². The third kappa shape index (κ3) is 5.84. The Morgan fingerprint density at radius 1 is 1.17 bits per heavy atom. The van der Waals surface area contributed by atoms with Gasteiger partial charge in [0.25, 0.3) is 0 Å². The quantitative estimate of drug-likeness (QED) is 0.249. The third-order valence-corrected chi connectivity index (χ3v) is 11.0. The molecule has 4 saturated heterocycles. The number of terminal acetylenes is 1. The van der Waals surface area contributed by atoms with Crippen LogP contribution in [-0.2, 0) is 4.74 Å². The number of piperazine rings is 1. The Bertz CT molecular complexity index is 2120. The summed E-state index contributed by atoms with van der Waals surface area (Å²) >= 11 is 0. The highest BCUT2D eigenvalue weighted by molar-refractivity contribution is 6.03. The molecule has 272 valence electrons. The van der Waals surface area contributed by atoms with Crippen LogP contribution in [0.4, 0.5) is 23.8 Å². The largest absolute Gasteiger partial charge is 0.461 e. The minimum Gasteiger partial charge on any atom is -0.461 e. The number of hydrogen-bond acceptors (Lipinski definition) is 10. The van der Waals surface area contributed by atoms with E-state index in [1.54, 1.807) is 7.11 Å². The standard InChI is InChI=1S/C38H40F3N7O4/c1-5-26-29(40)8-7-22-13-25(52-36(49)46(2)3)14-27(30(22)26)32-31(41)33-28(16-42-32)34(47-18-24-9-11-37(19-47,45-24)20-50-4)44-35(43-33)51-21-38-10-6-12-48(38)17-23(39)15-38/h1,7-8,13-14,16,23-24,45H,6,9-12,15,17-21H2,2-4H3/t23-,24+,37-,38+/m1/s1. The van der Waals surface area contributed by atoms with Crippen LogP contribution < -0.4 is 19.7 Å². The number of nitrogens with one attached hydrogen (secondary N) is 1. The van der Waals surface area contributed by atoms with E-state index in [2.05, 4.69) is 31.0 Å². The molecule has 2 aromatic carbocycles. The number of alkyl halides is 1. The lowest BCUT2D eigenvalue weighted by Gasteiger charge is -2.41. The van der Waals surface area contributed by atoms with E-state index in [0.29, 0.717) is 49.3 Å². The van der Waals surface area contributed by atoms with E-state index in [1.165, 1.54) is 49.5 Å². The maximum Gasteiger partial charge on any atom is 0.414 e. The van der Waals surface area contributed by atoms with Crippen LogP contribution in [0.2, 0.25) is 0 Å². The highest BCUT2D eigenvalue weighted by Crippen LogP contribution is 2.43. The zero-order chi connectivity index (χ0) is 36.4. The molecule has 0 spiro atoms. The van der Waals surface area contributed by atoms with Gasteiger partial charge in [0.05, 0.1) is 28.6 Å². The van der Waals surface area contributed by atoms with Crippen LogP contribution in [0.3, 0.4) is 0 Å². The summed E-state index contributed by atoms with van der Waals surface area (Å²) in [4.78, 5) is 32.1. The summed E-state index contributed by atoms with van der Waals surface area (Å²) in [6, 6.07) is 5.78. The Labute approximate surface area is 299 Å². The highest BCUT2D eigenvalue weighted by atomic mass is 19.1. The van der Waals surface area contributed by atoms with Gasteiger partial charge in [-0.3, -0.25) is 9.88 Å². The molecule has 8 rings (SSSR count). The van der Waals surface area contributed by atoms with Crippen molar-refractivity contribution in [3.05, 3.63) is 47.7 Å². The fraction of sp³-hybridized carbons (Fsp3) is 0.474. The molecule has 0 unspecified atom stereocenters. The Balaban J connectivity index is 1.29. The normalized spacial score (nSPS) is 25.4. The van der Waals surface area contributed by atoms with Crippen LogP contribution in [0.25, 0.3) is 32.9 Å². The minimum atomic E-state index is -0.948. The van der Waals surface area contributed by atoms with E-state index in [9.17, 15) is 9.18 Å². The molecule has 4 aliphatic rings. The molecule has 4 aromatic rings. The van der Waals surface area contributed by atoms with Crippen molar-refractivity contribution in [2.45, 2.75) is 55.4 Å². The van der Waals surface area contributed by atoms with Gasteiger partial charge in [0.2, 0.25) is 0 Å². The number of aromatic nitrogens is 3. The topological polar surface area (TPSA) is 105 Å². The van der Waals surface area contributed by atoms with Gasteiger partial charge in [-0.15, -0.1) is 6.42 Å². The van der Waals surface area contributed by atoms with Crippen molar-refractivity contribution in [3.8, 4) is 35.4 Å². The molecule has 0 radical (unpaired) electrons. The Kier molecular flexibility index (Phi) is 8.63. The molecule has 2 bridgehead atoms. The smallest absolute Gasteiger partial charge is 0.414 e. The number of benzene rings is 2. The minimum absolute atomic E-state index is 0.0392. The van der Waals surface area contributed by atoms with Gasteiger partial charge >= 0.3 is 12.1 Å². The summed E-state index contributed by atoms with van der Waals surface area (Å²) in [5, 5.41) is 4.71. The van der Waals surface area contributed by atoms with Gasteiger partial charge in [0.1, 0.15) is 41.4 Å². The Morgan fingerprint density at radius 3 is 2.81 bits per heavy atom. The summed E-state index contributed by atoms with van der Waals surface area (Å²) in [6.45, 7) is 2.95. The van der Waals surface area contributed by atoms with Gasteiger partial charge in [-0.25, -0.2) is 18.0 Å². The number of halogens is 3. The second-order valence-electron chi connectivity index (χ2n) is 14.7. The van der Waals surface area contributed by atoms with E-state index < -0.39 is 29.4 Å². The van der Waals surface area contributed by atoms with E-state index in [-0.39, 0.29) is 57.7 Å². The fourth-order valence-electron chi connectivity index (χ4n) is 8.74. The maximum atomic E-state index is 17.3. The van der Waals surface area contributed by atoms with Crippen molar-refractivity contribution in [2.75, 3.05) is 65.5 Å². The molecule has 14 heteroatoms. The second kappa shape index (κ2) is 13.1. The van der Waals surface area contributed by atoms with Crippen molar-refractivity contribution >= 4 is 33.6 Å². The SMILES string of the molecule is C#Cc1c(F)ccc2cc(OC(=O)N(C)C)cc(-c3ncc4c(N5C[C@@H]6CC[C@](COC)(C5)N6)nc(OC[C@@]56CCCN5C[C@H](F)C6)nc4c3F)c12. The number of nitrogens with zero attached hydrogens (tertiary/aromatic N) is 6. The number of carbonyl (C=O) groups excluding carboxylic acids is 1. The predicted octanol–water partition coefficient (Wildman–Crippen LogP) is 5.08. The monoisotopic (exact) mass is 715 g/mol. The summed E-state index contributed by atoms with van der Waals surface area (Å²) in [5.41, 5.74) is -0.997. The van der Waals surface area contributed by atoms with Crippen molar-refractivity contribution in [3.63, 3.8) is 0 Å². The fourth-order valence-corrected chi connectivity index (χ4v) is 8.74. The first-order valence-electron chi connectivity index (χ1n) is 17.5. The summed E-state index contributed by atoms with van der Waals surface area (Å²) in [6.07, 6.45) is 9.60. The number of anilines is 1. The lowest BCUT2D eigenvalue weighted by molar-refractivity contribution is 0.107. The summed E-state index contributed by atoms with van der Waals surface area (Å²) in [7, 11) is 4.74. The van der Waals surface area contributed by atoms with E-state index in [0.717, 1.165) is 32.2 Å². The van der Waals surface area contributed by atoms with Crippen molar-refractivity contribution < 1.29 is 32.2 Å². The van der Waals surface area contributed by atoms with Gasteiger partial charge in [-0.1, -0.05) is 12.0 Å². The number of fused-ring (bicyclic) bond motifs is 5. The van der Waals surface area contributed by atoms with Crippen LogP contribution in [0.15, 0.2) is 30.5 Å². The van der Waals surface area contributed by atoms with Crippen LogP contribution in [0.5, 0.6) is 11.8 Å². The lowest BCUT2D eigenvalue weighted by Crippen LogP contribution is -2.61. The van der Waals surface area contributed by atoms with Crippen molar-refractivity contribution in [2.24, 2.45) is 0 Å². The molecule has 4 atom stereocenters. The molecule has 0 saturated carbocycles. The van der Waals surface area contributed by atoms with Gasteiger partial charge in [-0.2, -0.15) is 9.97 Å². The number of amides is 1. The Hall–Kier alpha value is -4.71. The first kappa shape index (κ1) is 34.4. The number of carbonyl (C=O) groups is 1. The zero-order valence-electron chi connectivity index (χ0n) is 29.3. The van der Waals surface area contributed by atoms with Gasteiger partial charge in [0, 0.05) is 70.4 Å². The van der Waals surface area contributed by atoms with Crippen LogP contribution >= 0.6 is 0 Å². The lowest BCUT2D eigenvalue weighted by atomic mass is 9.95. The molecule has 0 aliphatic carbocycles. The summed E-state index contributed by atoms with van der Waals surface area (Å²) < 4.78 is 64.5. The molecule has 4 fully saturated rings. The van der Waals surface area contributed by atoms with Crippen LogP contribution in [0, 0.1) is 24.0 Å². The van der Waals surface area contributed by atoms with Crippen molar-refractivity contribution in [1.29, 1.82) is 0 Å². The molecular weight excluding hydrogens is 675 g/mol. The predicted molar refractivity (Wildman–Crippen MR) is 189 cm³/mol. The summed E-state index contributed by atoms with van der Waals surface area (Å²) in [5.74, 6) is 1.46. The molecule has 6 heterocycles. The first-order chi connectivity index (χ1) is 25.0. The van der Waals surface area contributed by atoms with Gasteiger partial charge in [-0.05, 0) is 55.8 Å². The molecule has 2 aromatic heterocycles. The number of hydrogen-bond donors (Lipinski definition) is 1. The van der Waals surface area contributed by atoms with E-state index >= 15 is 8.78 Å². The number of ether oxygens (including phenoxy) is 3. The second-order valence-corrected chi connectivity index (χ2v) is 14.7. The van der Waals surface area contributed by atoms with Gasteiger partial charge in [0.15, 0.2) is 5.82 Å². The molecule has 52 heavy (non-hydrogen) atoms. The number of pyridine rings is 1. The van der Waals surface area contributed by atoms with E-state index in [4.69, 9.17) is 25.6 Å². The average Bonchev–Trinajstić information content (AvgIpc) is 3.75. The molecule has 1 amide bonds. The molecule has 1 N–H and O–H groups in total. The Morgan fingerprint density at radius 2 is 2.02 bits per heavy atom. The number of rotatable bonds is 8. The van der Waals surface area contributed by atoms with Gasteiger partial charge < -0.3 is 29.3 Å². The molecule has 4 aliphatic heterocycles. The molecular formula is C38H40F3N7O4. The van der Waals surface area contributed by atoms with E-state index in [1.807, 2.05) is 0 Å². The molecule has 11 nitrogen and oxygen atoms in total.